The molecule has 6 rings (SSSR count). The average molecular weight is 479 g/mol. The summed E-state index contributed by atoms with van der Waals surface area (Å²) in [6, 6.07) is 13.7. The van der Waals surface area contributed by atoms with E-state index in [0.29, 0.717) is 22.9 Å². The van der Waals surface area contributed by atoms with Crippen molar-refractivity contribution >= 4 is 38.7 Å². The number of benzene rings is 2. The second-order valence-electron chi connectivity index (χ2n) is 8.50. The van der Waals surface area contributed by atoms with E-state index in [1.807, 2.05) is 56.3 Å². The minimum Gasteiger partial charge on any atom is -0.496 e. The van der Waals surface area contributed by atoms with Crippen molar-refractivity contribution in [2.75, 3.05) is 14.2 Å². The van der Waals surface area contributed by atoms with Crippen LogP contribution < -0.4 is 10.1 Å². The van der Waals surface area contributed by atoms with Gasteiger partial charge in [-0.05, 0) is 38.1 Å². The molecular formula is C27H22N6O3. The lowest BCUT2D eigenvalue weighted by Gasteiger charge is -2.11. The molecule has 0 unspecified atom stereocenters. The summed E-state index contributed by atoms with van der Waals surface area (Å²) < 4.78 is 11.2. The highest BCUT2D eigenvalue weighted by molar-refractivity contribution is 6.16. The van der Waals surface area contributed by atoms with E-state index in [1.54, 1.807) is 20.4 Å². The van der Waals surface area contributed by atoms with Gasteiger partial charge in [-0.1, -0.05) is 23.4 Å². The molecule has 4 heterocycles. The normalized spacial score (nSPS) is 11.4. The molecule has 0 aliphatic heterocycles. The van der Waals surface area contributed by atoms with Gasteiger partial charge in [-0.25, -0.2) is 9.97 Å². The van der Waals surface area contributed by atoms with Crippen LogP contribution in [0.4, 0.5) is 0 Å². The number of para-hydroxylation sites is 1. The number of fused-ring (bicyclic) bond motifs is 4. The summed E-state index contributed by atoms with van der Waals surface area (Å²) in [6.45, 7) is 3.77. The summed E-state index contributed by atoms with van der Waals surface area (Å²) in [4.78, 5) is 29.8. The number of H-pyrrole nitrogens is 1. The Bertz CT molecular complexity index is 1790. The van der Waals surface area contributed by atoms with Gasteiger partial charge in [-0.3, -0.25) is 9.78 Å². The number of aromatic nitrogens is 5. The first kappa shape index (κ1) is 21.7. The zero-order chi connectivity index (χ0) is 25.0. The van der Waals surface area contributed by atoms with Crippen molar-refractivity contribution in [1.29, 1.82) is 0 Å². The topological polar surface area (TPSA) is 119 Å². The number of nitrogens with one attached hydrogen (secondary N) is 2. The van der Waals surface area contributed by atoms with Gasteiger partial charge < -0.3 is 19.6 Å². The van der Waals surface area contributed by atoms with Gasteiger partial charge in [-0.2, -0.15) is 0 Å². The predicted octanol–water partition coefficient (Wildman–Crippen LogP) is 4.97. The van der Waals surface area contributed by atoms with Gasteiger partial charge in [0.1, 0.15) is 17.2 Å². The number of methoxy groups -OCH3 is 1. The Morgan fingerprint density at radius 2 is 1.89 bits per heavy atom. The van der Waals surface area contributed by atoms with Crippen LogP contribution in [0.1, 0.15) is 22.1 Å². The molecule has 6 aromatic rings. The van der Waals surface area contributed by atoms with Crippen LogP contribution in [-0.4, -0.2) is 45.2 Å². The zero-order valence-electron chi connectivity index (χ0n) is 20.1. The fourth-order valence-corrected chi connectivity index (χ4v) is 4.77. The molecule has 4 aromatic heterocycles. The van der Waals surface area contributed by atoms with Crippen LogP contribution in [0, 0.1) is 13.8 Å². The molecule has 2 N–H and O–H groups in total. The quantitative estimate of drug-likeness (QED) is 0.367. The first-order valence-electron chi connectivity index (χ1n) is 11.4. The molecule has 1 amide bonds. The van der Waals surface area contributed by atoms with E-state index in [0.717, 1.165) is 49.6 Å². The largest absolute Gasteiger partial charge is 0.496 e. The van der Waals surface area contributed by atoms with E-state index in [9.17, 15) is 4.79 Å². The van der Waals surface area contributed by atoms with Gasteiger partial charge in [0, 0.05) is 40.7 Å². The number of nitrogens with zero attached hydrogens (tertiary/aromatic N) is 4. The first-order valence-corrected chi connectivity index (χ1v) is 11.4. The molecule has 0 aliphatic carbocycles. The average Bonchev–Trinajstić information content (AvgIpc) is 3.44. The number of amides is 1. The van der Waals surface area contributed by atoms with Crippen molar-refractivity contribution in [1.82, 2.24) is 30.4 Å². The monoisotopic (exact) mass is 478 g/mol. The van der Waals surface area contributed by atoms with Crippen LogP contribution in [0.2, 0.25) is 0 Å². The molecule has 0 radical (unpaired) electrons. The number of aryl methyl sites for hydroxylation is 2. The van der Waals surface area contributed by atoms with Crippen LogP contribution >= 0.6 is 0 Å². The summed E-state index contributed by atoms with van der Waals surface area (Å²) in [5, 5.41) is 9.32. The van der Waals surface area contributed by atoms with Crippen LogP contribution in [0.3, 0.4) is 0 Å². The van der Waals surface area contributed by atoms with Gasteiger partial charge in [0.2, 0.25) is 5.82 Å². The van der Waals surface area contributed by atoms with Gasteiger partial charge in [-0.15, -0.1) is 0 Å². The summed E-state index contributed by atoms with van der Waals surface area (Å²) in [5.74, 6) is 1.07. The third kappa shape index (κ3) is 3.20. The number of carbonyl (C=O) groups is 1. The van der Waals surface area contributed by atoms with Crippen molar-refractivity contribution in [3.63, 3.8) is 0 Å². The molecule has 0 saturated carbocycles. The van der Waals surface area contributed by atoms with Crippen molar-refractivity contribution in [3.05, 3.63) is 65.9 Å². The lowest BCUT2D eigenvalue weighted by atomic mass is 9.99. The summed E-state index contributed by atoms with van der Waals surface area (Å²) in [7, 11) is 3.19. The Hall–Kier alpha value is -4.79. The number of carbonyl (C=O) groups excluding carboxylic acids is 1. The number of rotatable bonds is 4. The van der Waals surface area contributed by atoms with Gasteiger partial charge in [0.25, 0.3) is 5.91 Å². The smallest absolute Gasteiger partial charge is 0.288 e. The lowest BCUT2D eigenvalue weighted by molar-refractivity contribution is 0.0953. The maximum absolute atomic E-state index is 12.6. The molecular weight excluding hydrogens is 456 g/mol. The van der Waals surface area contributed by atoms with Crippen LogP contribution in [0.15, 0.2) is 53.2 Å². The summed E-state index contributed by atoms with van der Waals surface area (Å²) >= 11 is 0. The number of ether oxygens (including phenoxy) is 1. The van der Waals surface area contributed by atoms with Crippen LogP contribution in [0.5, 0.6) is 5.75 Å². The van der Waals surface area contributed by atoms with Crippen LogP contribution in [0.25, 0.3) is 55.2 Å². The SMILES string of the molecule is CNC(=O)c1nc(-c2ccnc3ccccc23)c2c(n1)[nH]c1cc(-c3c(C)noc3C)c(OC)cc12. The van der Waals surface area contributed by atoms with Crippen LogP contribution in [-0.2, 0) is 0 Å². The third-order valence-corrected chi connectivity index (χ3v) is 6.41. The highest BCUT2D eigenvalue weighted by atomic mass is 16.5. The molecule has 9 nitrogen and oxygen atoms in total. The minimum atomic E-state index is -0.371. The summed E-state index contributed by atoms with van der Waals surface area (Å²) in [5.41, 5.74) is 6.20. The number of hydrogen-bond donors (Lipinski definition) is 2. The van der Waals surface area contributed by atoms with Gasteiger partial charge in [0.05, 0.1) is 35.0 Å². The predicted molar refractivity (Wildman–Crippen MR) is 137 cm³/mol. The number of aromatic amines is 1. The Kier molecular flexibility index (Phi) is 4.92. The highest BCUT2D eigenvalue weighted by Crippen LogP contribution is 2.42. The van der Waals surface area contributed by atoms with E-state index >= 15 is 0 Å². The molecule has 0 fully saturated rings. The maximum atomic E-state index is 12.6. The zero-order valence-corrected chi connectivity index (χ0v) is 20.1. The van der Waals surface area contributed by atoms with E-state index in [-0.39, 0.29) is 11.7 Å². The molecule has 36 heavy (non-hydrogen) atoms. The molecule has 9 heteroatoms. The van der Waals surface area contributed by atoms with Crippen molar-refractivity contribution in [2.24, 2.45) is 0 Å². The van der Waals surface area contributed by atoms with Crippen molar-refractivity contribution in [2.45, 2.75) is 13.8 Å². The van der Waals surface area contributed by atoms with E-state index < -0.39 is 0 Å². The second-order valence-corrected chi connectivity index (χ2v) is 8.50. The van der Waals surface area contributed by atoms with Crippen molar-refractivity contribution < 1.29 is 14.1 Å². The minimum absolute atomic E-state index is 0.0744. The molecule has 0 atom stereocenters. The highest BCUT2D eigenvalue weighted by Gasteiger charge is 2.23. The molecule has 0 saturated heterocycles. The Morgan fingerprint density at radius 1 is 1.06 bits per heavy atom. The molecule has 2 aromatic carbocycles. The number of hydrogen-bond acceptors (Lipinski definition) is 7. The first-order chi connectivity index (χ1) is 17.5. The van der Waals surface area contributed by atoms with E-state index in [4.69, 9.17) is 14.2 Å². The molecule has 178 valence electrons. The molecule has 0 aliphatic rings. The van der Waals surface area contributed by atoms with Crippen molar-refractivity contribution in [3.8, 4) is 28.1 Å². The Morgan fingerprint density at radius 3 is 2.64 bits per heavy atom. The maximum Gasteiger partial charge on any atom is 0.288 e. The second kappa shape index (κ2) is 8.16. The van der Waals surface area contributed by atoms with Gasteiger partial charge in [0.15, 0.2) is 0 Å². The van der Waals surface area contributed by atoms with E-state index in [1.165, 1.54) is 0 Å². The Balaban J connectivity index is 1.73. The molecule has 0 bridgehead atoms. The molecule has 0 spiro atoms. The lowest BCUT2D eigenvalue weighted by Crippen LogP contribution is -2.21. The summed E-state index contributed by atoms with van der Waals surface area (Å²) in [6.07, 6.45) is 1.75. The van der Waals surface area contributed by atoms with Gasteiger partial charge >= 0.3 is 0 Å². The number of pyridine rings is 1. The fourth-order valence-electron chi connectivity index (χ4n) is 4.77. The third-order valence-electron chi connectivity index (χ3n) is 6.41. The fraction of sp³-hybridized carbons (Fsp3) is 0.148. The standard InChI is InChI=1S/C27H22N6O3/c1-13-22(14(2)36-33-13)18-11-20-17(12-21(18)35-4)23-24(31-26(27(34)28-3)32-25(23)30-20)16-9-10-29-19-8-6-5-7-15(16)19/h5-12H,1-4H3,(H,28,34)(H,30,31,32). The Labute approximate surface area is 205 Å². The van der Waals surface area contributed by atoms with E-state index in [2.05, 4.69) is 25.4 Å².